The number of Topliss-reactive ketones (excluding diaryl/α,β-unsaturated/α-hetero) is 1. The molecule has 0 bridgehead atoms. The molecule has 0 aromatic rings. The van der Waals surface area contributed by atoms with Crippen LogP contribution in [-0.2, 0) is 9.53 Å². The van der Waals surface area contributed by atoms with E-state index in [2.05, 4.69) is 26.8 Å². The first kappa shape index (κ1) is 18.2. The van der Waals surface area contributed by atoms with Crippen molar-refractivity contribution < 1.29 is 9.53 Å². The van der Waals surface area contributed by atoms with Crippen LogP contribution >= 0.6 is 0 Å². The highest BCUT2D eigenvalue weighted by molar-refractivity contribution is 5.94. The minimum atomic E-state index is -0.791. The third-order valence-electron chi connectivity index (χ3n) is 4.82. The third kappa shape index (κ3) is 4.06. The van der Waals surface area contributed by atoms with Crippen molar-refractivity contribution in [3.8, 4) is 0 Å². The maximum absolute atomic E-state index is 12.8. The molecule has 0 spiro atoms. The van der Waals surface area contributed by atoms with Gasteiger partial charge < -0.3 is 4.74 Å². The fourth-order valence-corrected chi connectivity index (χ4v) is 3.25. The van der Waals surface area contributed by atoms with Crippen LogP contribution in [0, 0.1) is 5.92 Å². The number of unbranched alkanes of at least 4 members (excludes halogenated alkanes) is 2. The van der Waals surface area contributed by atoms with E-state index >= 15 is 0 Å². The van der Waals surface area contributed by atoms with Gasteiger partial charge >= 0.3 is 0 Å². The zero-order valence-corrected chi connectivity index (χ0v) is 14.7. The first-order valence-corrected chi connectivity index (χ1v) is 8.28. The summed E-state index contributed by atoms with van der Waals surface area (Å²) in [7, 11) is 1.66. The summed E-state index contributed by atoms with van der Waals surface area (Å²) < 4.78 is 5.76. The summed E-state index contributed by atoms with van der Waals surface area (Å²) in [5.74, 6) is 0.974. The molecule has 1 aliphatic carbocycles. The Bertz CT molecular complexity index is 429. The second-order valence-electron chi connectivity index (χ2n) is 6.80. The normalized spacial score (nSPS) is 22.7. The van der Waals surface area contributed by atoms with Crippen molar-refractivity contribution in [1.82, 2.24) is 0 Å². The summed E-state index contributed by atoms with van der Waals surface area (Å²) >= 11 is 0. The molecule has 0 aliphatic heterocycles. The lowest BCUT2D eigenvalue weighted by Crippen LogP contribution is -2.45. The van der Waals surface area contributed by atoms with Gasteiger partial charge in [0.15, 0.2) is 11.4 Å². The molecule has 0 fully saturated rings. The van der Waals surface area contributed by atoms with Crippen LogP contribution in [0.25, 0.3) is 0 Å². The lowest BCUT2D eigenvalue weighted by atomic mass is 9.75. The van der Waals surface area contributed by atoms with Crippen LogP contribution in [0.3, 0.4) is 0 Å². The quantitative estimate of drug-likeness (QED) is 0.452. The van der Waals surface area contributed by atoms with E-state index < -0.39 is 5.60 Å². The molecule has 1 atom stereocenters. The average molecular weight is 292 g/mol. The molecule has 0 aromatic carbocycles. The molecular formula is C19H32O2. The molecule has 21 heavy (non-hydrogen) atoms. The molecular weight excluding hydrogens is 260 g/mol. The van der Waals surface area contributed by atoms with E-state index in [0.29, 0.717) is 6.42 Å². The summed E-state index contributed by atoms with van der Waals surface area (Å²) in [6.45, 7) is 10.7. The van der Waals surface area contributed by atoms with Gasteiger partial charge in [-0.1, -0.05) is 44.8 Å². The summed E-state index contributed by atoms with van der Waals surface area (Å²) in [4.78, 5) is 12.8. The Morgan fingerprint density at radius 2 is 1.90 bits per heavy atom. The van der Waals surface area contributed by atoms with Crippen molar-refractivity contribution in [3.05, 3.63) is 22.8 Å². The largest absolute Gasteiger partial charge is 0.362 e. The molecule has 0 saturated carbocycles. The highest BCUT2D eigenvalue weighted by Gasteiger charge is 2.43. The number of hydrogen-bond acceptors (Lipinski definition) is 2. The van der Waals surface area contributed by atoms with Crippen molar-refractivity contribution in [3.63, 3.8) is 0 Å². The Labute approximate surface area is 130 Å². The molecule has 0 radical (unpaired) electrons. The Hall–Kier alpha value is -0.890. The Balaban J connectivity index is 2.68. The highest BCUT2D eigenvalue weighted by atomic mass is 16.5. The number of carbonyl (C=O) groups is 1. The van der Waals surface area contributed by atoms with E-state index in [4.69, 9.17) is 4.74 Å². The van der Waals surface area contributed by atoms with Crippen LogP contribution in [0.15, 0.2) is 22.8 Å². The smallest absolute Gasteiger partial charge is 0.173 e. The second-order valence-corrected chi connectivity index (χ2v) is 6.80. The van der Waals surface area contributed by atoms with Crippen molar-refractivity contribution >= 4 is 5.78 Å². The molecule has 120 valence electrons. The SMILES string of the molecule is COC1(C(=O)CCCCCC(C)C)C(C)=CCC(C)=C1C. The van der Waals surface area contributed by atoms with E-state index in [1.54, 1.807) is 7.11 Å². The maximum atomic E-state index is 12.8. The maximum Gasteiger partial charge on any atom is 0.173 e. The second kappa shape index (κ2) is 7.93. The van der Waals surface area contributed by atoms with Gasteiger partial charge in [-0.3, -0.25) is 4.79 Å². The van der Waals surface area contributed by atoms with Crippen LogP contribution in [0.2, 0.25) is 0 Å². The van der Waals surface area contributed by atoms with Crippen LogP contribution in [0.4, 0.5) is 0 Å². The molecule has 2 nitrogen and oxygen atoms in total. The van der Waals surface area contributed by atoms with Crippen molar-refractivity contribution in [2.24, 2.45) is 5.92 Å². The fraction of sp³-hybridized carbons (Fsp3) is 0.737. The number of carbonyl (C=O) groups excluding carboxylic acids is 1. The van der Waals surface area contributed by atoms with Gasteiger partial charge in [0.05, 0.1) is 0 Å². The average Bonchev–Trinajstić information content (AvgIpc) is 2.43. The molecule has 2 heteroatoms. The van der Waals surface area contributed by atoms with E-state index in [1.165, 1.54) is 18.4 Å². The summed E-state index contributed by atoms with van der Waals surface area (Å²) in [5, 5.41) is 0. The van der Waals surface area contributed by atoms with Crippen LogP contribution < -0.4 is 0 Å². The molecule has 1 unspecified atom stereocenters. The zero-order valence-electron chi connectivity index (χ0n) is 14.7. The van der Waals surface area contributed by atoms with Crippen LogP contribution in [0.1, 0.15) is 73.1 Å². The first-order chi connectivity index (χ1) is 9.86. The lowest BCUT2D eigenvalue weighted by Gasteiger charge is -2.37. The van der Waals surface area contributed by atoms with Gasteiger partial charge in [0, 0.05) is 13.5 Å². The van der Waals surface area contributed by atoms with E-state index in [-0.39, 0.29) is 5.78 Å². The summed E-state index contributed by atoms with van der Waals surface area (Å²) in [6, 6.07) is 0. The monoisotopic (exact) mass is 292 g/mol. The molecule has 0 aromatic heterocycles. The number of ether oxygens (including phenoxy) is 1. The van der Waals surface area contributed by atoms with E-state index in [0.717, 1.165) is 36.3 Å². The van der Waals surface area contributed by atoms with Gasteiger partial charge in [-0.15, -0.1) is 0 Å². The number of methoxy groups -OCH3 is 1. The predicted octanol–water partition coefficient (Wildman–Crippen LogP) is 5.23. The predicted molar refractivity (Wildman–Crippen MR) is 89.4 cm³/mol. The summed E-state index contributed by atoms with van der Waals surface area (Å²) in [6.07, 6.45) is 8.26. The number of hydrogen-bond donors (Lipinski definition) is 0. The van der Waals surface area contributed by atoms with Gasteiger partial charge in [0.2, 0.25) is 0 Å². The lowest BCUT2D eigenvalue weighted by molar-refractivity contribution is -0.133. The van der Waals surface area contributed by atoms with Gasteiger partial charge in [-0.05, 0) is 50.7 Å². The van der Waals surface area contributed by atoms with E-state index in [1.807, 2.05) is 13.8 Å². The van der Waals surface area contributed by atoms with Gasteiger partial charge in [0.25, 0.3) is 0 Å². The number of rotatable bonds is 8. The minimum absolute atomic E-state index is 0.222. The minimum Gasteiger partial charge on any atom is -0.362 e. The van der Waals surface area contributed by atoms with Crippen molar-refractivity contribution in [1.29, 1.82) is 0 Å². The van der Waals surface area contributed by atoms with Gasteiger partial charge in [-0.2, -0.15) is 0 Å². The first-order valence-electron chi connectivity index (χ1n) is 8.28. The standard InChI is InChI=1S/C19H32O2/c1-14(2)10-8-7-9-11-18(20)19(21-6)16(4)13-12-15(3)17(19)5/h13-14H,7-12H2,1-6H3. The molecule has 0 heterocycles. The number of ketones is 1. The third-order valence-corrected chi connectivity index (χ3v) is 4.82. The molecule has 1 rings (SSSR count). The van der Waals surface area contributed by atoms with Crippen LogP contribution in [-0.4, -0.2) is 18.5 Å². The molecule has 0 amide bonds. The Morgan fingerprint density at radius 3 is 2.48 bits per heavy atom. The highest BCUT2D eigenvalue weighted by Crippen LogP contribution is 2.38. The fourth-order valence-electron chi connectivity index (χ4n) is 3.25. The molecule has 0 N–H and O–H groups in total. The molecule has 1 aliphatic rings. The Morgan fingerprint density at radius 1 is 1.24 bits per heavy atom. The zero-order chi connectivity index (χ0) is 16.0. The van der Waals surface area contributed by atoms with Crippen molar-refractivity contribution in [2.75, 3.05) is 7.11 Å². The topological polar surface area (TPSA) is 26.3 Å². The molecule has 0 saturated heterocycles. The Kier molecular flexibility index (Phi) is 6.86. The summed E-state index contributed by atoms with van der Waals surface area (Å²) in [5.41, 5.74) is 2.62. The van der Waals surface area contributed by atoms with Gasteiger partial charge in [-0.25, -0.2) is 0 Å². The van der Waals surface area contributed by atoms with Crippen LogP contribution in [0.5, 0.6) is 0 Å². The van der Waals surface area contributed by atoms with Gasteiger partial charge in [0.1, 0.15) is 0 Å². The van der Waals surface area contributed by atoms with Crippen molar-refractivity contribution in [2.45, 2.75) is 78.7 Å². The van der Waals surface area contributed by atoms with E-state index in [9.17, 15) is 4.79 Å². The number of allylic oxidation sites excluding steroid dienone is 2.